The van der Waals surface area contributed by atoms with Crippen molar-refractivity contribution in [1.29, 1.82) is 0 Å². The van der Waals surface area contributed by atoms with Crippen molar-refractivity contribution in [2.45, 2.75) is 32.9 Å². The summed E-state index contributed by atoms with van der Waals surface area (Å²) in [5.74, 6) is 5.23. The molecule has 7 heteroatoms. The van der Waals surface area contributed by atoms with Gasteiger partial charge in [-0.25, -0.2) is 4.99 Å². The molecule has 1 aliphatic rings. The molecule has 0 radical (unpaired) electrons. The molecule has 19 heavy (non-hydrogen) atoms. The first kappa shape index (κ1) is 15.8. The summed E-state index contributed by atoms with van der Waals surface area (Å²) in [5, 5.41) is 14.5. The van der Waals surface area contributed by atoms with E-state index < -0.39 is 0 Å². The summed E-state index contributed by atoms with van der Waals surface area (Å²) in [6, 6.07) is 0. The van der Waals surface area contributed by atoms with Crippen molar-refractivity contribution in [2.24, 2.45) is 4.99 Å². The topological polar surface area (TPSA) is 67.1 Å². The van der Waals surface area contributed by atoms with E-state index in [1.54, 1.807) is 0 Å². The van der Waals surface area contributed by atoms with Gasteiger partial charge >= 0.3 is 0 Å². The van der Waals surface area contributed by atoms with Crippen molar-refractivity contribution in [1.82, 2.24) is 25.4 Å². The Bertz CT molecular complexity index is 473. The predicted molar refractivity (Wildman–Crippen MR) is 85.4 cm³/mol. The molecule has 2 N–H and O–H groups in total. The molecule has 0 fully saturated rings. The second-order valence-electron chi connectivity index (χ2n) is 4.04. The summed E-state index contributed by atoms with van der Waals surface area (Å²) in [6.45, 7) is 4.80. The summed E-state index contributed by atoms with van der Waals surface area (Å²) < 4.78 is 2.15. The third-order valence-corrected chi connectivity index (χ3v) is 2.77. The molecule has 1 aromatic rings. The summed E-state index contributed by atoms with van der Waals surface area (Å²) in [7, 11) is 0. The number of fused-ring (bicyclic) bond motifs is 1. The molecule has 0 saturated heterocycles. The Morgan fingerprint density at radius 2 is 2.32 bits per heavy atom. The third kappa shape index (κ3) is 4.09. The monoisotopic (exact) mass is 374 g/mol. The molecular formula is C12H19IN6. The van der Waals surface area contributed by atoms with Gasteiger partial charge in [0.2, 0.25) is 0 Å². The zero-order valence-electron chi connectivity index (χ0n) is 11.0. The standard InChI is InChI=1S/C12H18N6.HI/c1-3-7-14-12(13-4-2)15-9-11-17-16-10-6-5-8-18(10)11;/h1H,4-9H2,2H3,(H2,13,14,15);1H. The van der Waals surface area contributed by atoms with Crippen LogP contribution in [0, 0.1) is 12.3 Å². The summed E-state index contributed by atoms with van der Waals surface area (Å²) in [5.41, 5.74) is 0. The van der Waals surface area contributed by atoms with Crippen LogP contribution in [0.3, 0.4) is 0 Å². The number of hydrogen-bond donors (Lipinski definition) is 2. The molecule has 1 aliphatic heterocycles. The van der Waals surface area contributed by atoms with Crippen molar-refractivity contribution < 1.29 is 0 Å². The predicted octanol–water partition coefficient (Wildman–Crippen LogP) is 0.531. The minimum atomic E-state index is 0. The fraction of sp³-hybridized carbons (Fsp3) is 0.583. The van der Waals surface area contributed by atoms with Gasteiger partial charge in [-0.05, 0) is 13.3 Å². The first-order valence-electron chi connectivity index (χ1n) is 6.21. The number of aryl methyl sites for hydroxylation is 1. The maximum Gasteiger partial charge on any atom is 0.192 e. The van der Waals surface area contributed by atoms with Crippen molar-refractivity contribution in [3.05, 3.63) is 11.6 Å². The average Bonchev–Trinajstić information content (AvgIpc) is 2.96. The van der Waals surface area contributed by atoms with E-state index in [9.17, 15) is 0 Å². The molecule has 0 bridgehead atoms. The fourth-order valence-corrected chi connectivity index (χ4v) is 1.95. The molecule has 6 nitrogen and oxygen atoms in total. The minimum Gasteiger partial charge on any atom is -0.357 e. The molecule has 1 aromatic heterocycles. The zero-order valence-corrected chi connectivity index (χ0v) is 13.3. The first-order chi connectivity index (χ1) is 8.85. The maximum atomic E-state index is 5.22. The number of aliphatic imine (C=N–C) groups is 1. The Balaban J connectivity index is 0.00000180. The quantitative estimate of drug-likeness (QED) is 0.349. The SMILES string of the molecule is C#CCNC(=NCc1nnc2n1CCC2)NCC.I. The van der Waals surface area contributed by atoms with Gasteiger partial charge in [-0.15, -0.1) is 40.6 Å². The van der Waals surface area contributed by atoms with E-state index in [2.05, 4.69) is 36.3 Å². The van der Waals surface area contributed by atoms with E-state index in [1.165, 1.54) is 0 Å². The number of hydrogen-bond acceptors (Lipinski definition) is 3. The summed E-state index contributed by atoms with van der Waals surface area (Å²) in [6.07, 6.45) is 7.39. The lowest BCUT2D eigenvalue weighted by Crippen LogP contribution is -2.37. The van der Waals surface area contributed by atoms with Gasteiger partial charge in [-0.3, -0.25) is 0 Å². The van der Waals surface area contributed by atoms with E-state index in [4.69, 9.17) is 6.42 Å². The van der Waals surface area contributed by atoms with Crippen molar-refractivity contribution in [3.63, 3.8) is 0 Å². The Labute approximate surface area is 130 Å². The van der Waals surface area contributed by atoms with Gasteiger partial charge in [0, 0.05) is 19.5 Å². The zero-order chi connectivity index (χ0) is 12.8. The number of aromatic nitrogens is 3. The van der Waals surface area contributed by atoms with Crippen molar-refractivity contribution in [2.75, 3.05) is 13.1 Å². The van der Waals surface area contributed by atoms with E-state index in [1.807, 2.05) is 6.92 Å². The number of rotatable bonds is 4. The molecule has 0 aliphatic carbocycles. The van der Waals surface area contributed by atoms with Crippen LogP contribution in [-0.4, -0.2) is 33.8 Å². The molecule has 0 atom stereocenters. The van der Waals surface area contributed by atoms with Crippen molar-refractivity contribution in [3.8, 4) is 12.3 Å². The molecule has 0 amide bonds. The van der Waals surface area contributed by atoms with Crippen LogP contribution in [0.25, 0.3) is 0 Å². The van der Waals surface area contributed by atoms with Crippen LogP contribution < -0.4 is 10.6 Å². The highest BCUT2D eigenvalue weighted by atomic mass is 127. The van der Waals surface area contributed by atoms with Crippen LogP contribution in [0.1, 0.15) is 25.0 Å². The van der Waals surface area contributed by atoms with Gasteiger partial charge in [0.05, 0.1) is 6.54 Å². The average molecular weight is 374 g/mol. The van der Waals surface area contributed by atoms with E-state index in [-0.39, 0.29) is 24.0 Å². The Morgan fingerprint density at radius 1 is 1.47 bits per heavy atom. The maximum absolute atomic E-state index is 5.22. The van der Waals surface area contributed by atoms with Gasteiger partial charge in [0.15, 0.2) is 11.8 Å². The molecule has 104 valence electrons. The molecule has 0 unspecified atom stereocenters. The molecular weight excluding hydrogens is 355 g/mol. The van der Waals surface area contributed by atoms with E-state index in [0.29, 0.717) is 19.0 Å². The third-order valence-electron chi connectivity index (χ3n) is 2.77. The number of halogens is 1. The van der Waals surface area contributed by atoms with Crippen molar-refractivity contribution >= 4 is 29.9 Å². The highest BCUT2D eigenvalue weighted by Crippen LogP contribution is 2.14. The summed E-state index contributed by atoms with van der Waals surface area (Å²) in [4.78, 5) is 4.45. The van der Waals surface area contributed by atoms with Gasteiger partial charge in [0.1, 0.15) is 12.4 Å². The van der Waals surface area contributed by atoms with Gasteiger partial charge in [-0.2, -0.15) is 0 Å². The lowest BCUT2D eigenvalue weighted by molar-refractivity contribution is 0.685. The van der Waals surface area contributed by atoms with E-state index in [0.717, 1.165) is 37.6 Å². The Kier molecular flexibility index (Phi) is 6.62. The second-order valence-corrected chi connectivity index (χ2v) is 4.04. The van der Waals surface area contributed by atoms with Gasteiger partial charge in [-0.1, -0.05) is 5.92 Å². The molecule has 0 saturated carbocycles. The van der Waals surface area contributed by atoms with E-state index >= 15 is 0 Å². The van der Waals surface area contributed by atoms with Crippen LogP contribution in [0.4, 0.5) is 0 Å². The number of terminal acetylenes is 1. The summed E-state index contributed by atoms with van der Waals surface area (Å²) >= 11 is 0. The Hall–Kier alpha value is -1.30. The van der Waals surface area contributed by atoms with Crippen LogP contribution in [0.2, 0.25) is 0 Å². The van der Waals surface area contributed by atoms with Gasteiger partial charge < -0.3 is 15.2 Å². The van der Waals surface area contributed by atoms with Crippen LogP contribution >= 0.6 is 24.0 Å². The normalized spacial score (nSPS) is 13.4. The molecule has 2 heterocycles. The second kappa shape index (κ2) is 7.99. The Morgan fingerprint density at radius 3 is 3.05 bits per heavy atom. The molecule has 0 aromatic carbocycles. The van der Waals surface area contributed by atoms with Crippen LogP contribution in [-0.2, 0) is 19.5 Å². The number of guanidine groups is 1. The number of nitrogens with one attached hydrogen (secondary N) is 2. The lowest BCUT2D eigenvalue weighted by Gasteiger charge is -2.08. The largest absolute Gasteiger partial charge is 0.357 e. The fourth-order valence-electron chi connectivity index (χ4n) is 1.95. The van der Waals surface area contributed by atoms with Crippen LogP contribution in [0.5, 0.6) is 0 Å². The molecule has 0 spiro atoms. The highest BCUT2D eigenvalue weighted by Gasteiger charge is 2.16. The minimum absolute atomic E-state index is 0. The molecule has 2 rings (SSSR count). The lowest BCUT2D eigenvalue weighted by atomic mass is 10.4. The first-order valence-corrected chi connectivity index (χ1v) is 6.21. The van der Waals surface area contributed by atoms with Gasteiger partial charge in [0.25, 0.3) is 0 Å². The highest BCUT2D eigenvalue weighted by molar-refractivity contribution is 14.0. The smallest absolute Gasteiger partial charge is 0.192 e. The number of nitrogens with zero attached hydrogens (tertiary/aromatic N) is 4. The van der Waals surface area contributed by atoms with Crippen LogP contribution in [0.15, 0.2) is 4.99 Å².